The molecule has 2 aliphatic rings. The zero-order valence-electron chi connectivity index (χ0n) is 19.0. The summed E-state index contributed by atoms with van der Waals surface area (Å²) in [6.07, 6.45) is 3.36. The van der Waals surface area contributed by atoms with Crippen molar-refractivity contribution in [2.75, 3.05) is 13.2 Å². The number of hydrogen-bond donors (Lipinski definition) is 3. The summed E-state index contributed by atoms with van der Waals surface area (Å²) in [6, 6.07) is 15.3. The van der Waals surface area contributed by atoms with Gasteiger partial charge in [0.05, 0.1) is 5.92 Å². The molecule has 4 rings (SSSR count). The lowest BCUT2D eigenvalue weighted by atomic mass is 9.96. The van der Waals surface area contributed by atoms with Crippen molar-refractivity contribution in [2.45, 2.75) is 37.6 Å². The molecule has 0 aliphatic heterocycles. The number of carbonyl (C=O) groups excluding carboxylic acids is 2. The normalized spacial score (nSPS) is 19.5. The number of aliphatic carboxylic acids is 1. The van der Waals surface area contributed by atoms with E-state index in [2.05, 4.69) is 29.3 Å². The van der Waals surface area contributed by atoms with Gasteiger partial charge in [0.1, 0.15) is 12.6 Å². The molecule has 2 aliphatic carbocycles. The Bertz CT molecular complexity index is 1040. The van der Waals surface area contributed by atoms with E-state index in [4.69, 9.17) is 4.74 Å². The second-order valence-electron chi connectivity index (χ2n) is 8.93. The van der Waals surface area contributed by atoms with Crippen LogP contribution in [0.15, 0.2) is 61.2 Å². The average Bonchev–Trinajstić information content (AvgIpc) is 3.44. The number of nitrogens with one attached hydrogen (secondary N) is 2. The number of ether oxygens (including phenoxy) is 1. The molecule has 3 N–H and O–H groups in total. The van der Waals surface area contributed by atoms with Gasteiger partial charge in [0.25, 0.3) is 0 Å². The summed E-state index contributed by atoms with van der Waals surface area (Å²) in [5, 5.41) is 14.8. The second kappa shape index (κ2) is 10.5. The monoisotopic (exact) mass is 462 g/mol. The van der Waals surface area contributed by atoms with E-state index in [-0.39, 0.29) is 37.3 Å². The lowest BCUT2D eigenvalue weighted by Gasteiger charge is -2.21. The molecule has 0 radical (unpaired) electrons. The van der Waals surface area contributed by atoms with E-state index in [0.717, 1.165) is 35.1 Å². The topological polar surface area (TPSA) is 105 Å². The maximum Gasteiger partial charge on any atom is 0.407 e. The number of amides is 2. The first-order chi connectivity index (χ1) is 16.5. The Kier molecular flexibility index (Phi) is 7.30. The molecule has 0 bridgehead atoms. The number of carboxylic acids is 1. The summed E-state index contributed by atoms with van der Waals surface area (Å²) >= 11 is 0. The van der Waals surface area contributed by atoms with Crippen LogP contribution >= 0.6 is 0 Å². The van der Waals surface area contributed by atoms with Crippen LogP contribution in [0.1, 0.15) is 42.7 Å². The summed E-state index contributed by atoms with van der Waals surface area (Å²) in [4.78, 5) is 36.7. The molecule has 34 heavy (non-hydrogen) atoms. The first-order valence-electron chi connectivity index (χ1n) is 11.7. The quantitative estimate of drug-likeness (QED) is 0.487. The molecule has 7 heteroatoms. The van der Waals surface area contributed by atoms with Gasteiger partial charge in [-0.15, -0.1) is 6.58 Å². The molecule has 0 saturated heterocycles. The van der Waals surface area contributed by atoms with E-state index < -0.39 is 24.0 Å². The molecule has 2 amide bonds. The first-order valence-corrected chi connectivity index (χ1v) is 11.7. The van der Waals surface area contributed by atoms with Gasteiger partial charge < -0.3 is 20.5 Å². The second-order valence-corrected chi connectivity index (χ2v) is 8.93. The van der Waals surface area contributed by atoms with Gasteiger partial charge >= 0.3 is 12.1 Å². The highest BCUT2D eigenvalue weighted by molar-refractivity contribution is 5.86. The fourth-order valence-electron chi connectivity index (χ4n) is 5.14. The first kappa shape index (κ1) is 23.5. The molecule has 7 nitrogen and oxygen atoms in total. The van der Waals surface area contributed by atoms with Crippen molar-refractivity contribution in [3.8, 4) is 11.1 Å². The van der Waals surface area contributed by atoms with Crippen LogP contribution in [0.3, 0.4) is 0 Å². The standard InChI is InChI=1S/C27H30N2O5/c1-2-8-24(25(30)28-15-17-9-7-14-18(17)26(31)32)29-27(33)34-16-23-21-12-5-3-10-19(21)20-11-4-6-13-22(20)23/h2-6,10-13,17-18,23-24H,1,7-9,14-16H2,(H,28,30)(H,29,33)(H,31,32). The smallest absolute Gasteiger partial charge is 0.407 e. The molecule has 3 atom stereocenters. The van der Waals surface area contributed by atoms with Gasteiger partial charge in [-0.25, -0.2) is 4.79 Å². The van der Waals surface area contributed by atoms with Gasteiger partial charge in [-0.05, 0) is 47.4 Å². The van der Waals surface area contributed by atoms with Crippen LogP contribution < -0.4 is 10.6 Å². The summed E-state index contributed by atoms with van der Waals surface area (Å²) in [7, 11) is 0. The highest BCUT2D eigenvalue weighted by Crippen LogP contribution is 2.44. The molecule has 3 unspecified atom stereocenters. The van der Waals surface area contributed by atoms with Crippen molar-refractivity contribution >= 4 is 18.0 Å². The van der Waals surface area contributed by atoms with Crippen LogP contribution in [0.5, 0.6) is 0 Å². The van der Waals surface area contributed by atoms with Crippen LogP contribution in [-0.4, -0.2) is 42.3 Å². The highest BCUT2D eigenvalue weighted by atomic mass is 16.5. The Morgan fingerprint density at radius 1 is 1.06 bits per heavy atom. The third-order valence-electron chi connectivity index (χ3n) is 6.87. The number of fused-ring (bicyclic) bond motifs is 3. The van der Waals surface area contributed by atoms with Crippen molar-refractivity contribution in [1.29, 1.82) is 0 Å². The van der Waals surface area contributed by atoms with E-state index in [1.807, 2.05) is 36.4 Å². The van der Waals surface area contributed by atoms with Crippen LogP contribution in [-0.2, 0) is 14.3 Å². The summed E-state index contributed by atoms with van der Waals surface area (Å²) in [5.41, 5.74) is 4.51. The zero-order valence-corrected chi connectivity index (χ0v) is 19.0. The Morgan fingerprint density at radius 2 is 1.71 bits per heavy atom. The SMILES string of the molecule is C=CCC(NC(=O)OCC1c2ccccc2-c2ccccc21)C(=O)NCC1CCCC1C(=O)O. The predicted molar refractivity (Wildman–Crippen MR) is 128 cm³/mol. The third kappa shape index (κ3) is 4.98. The molecular weight excluding hydrogens is 432 g/mol. The van der Waals surface area contributed by atoms with Gasteiger partial charge in [0.15, 0.2) is 0 Å². The van der Waals surface area contributed by atoms with Gasteiger partial charge in [-0.1, -0.05) is 61.0 Å². The van der Waals surface area contributed by atoms with E-state index in [9.17, 15) is 19.5 Å². The lowest BCUT2D eigenvalue weighted by Crippen LogP contribution is -2.48. The summed E-state index contributed by atoms with van der Waals surface area (Å²) in [6.45, 7) is 4.10. The fraction of sp³-hybridized carbons (Fsp3) is 0.370. The fourth-order valence-corrected chi connectivity index (χ4v) is 5.14. The number of carbonyl (C=O) groups is 3. The van der Waals surface area contributed by atoms with Crippen molar-refractivity contribution in [3.05, 3.63) is 72.3 Å². The van der Waals surface area contributed by atoms with E-state index in [1.54, 1.807) is 6.08 Å². The molecule has 1 saturated carbocycles. The molecule has 178 valence electrons. The molecule has 1 fully saturated rings. The summed E-state index contributed by atoms with van der Waals surface area (Å²) in [5.74, 6) is -1.80. The molecule has 2 aromatic rings. The third-order valence-corrected chi connectivity index (χ3v) is 6.87. The van der Waals surface area contributed by atoms with Gasteiger partial charge in [-0.3, -0.25) is 9.59 Å². The zero-order chi connectivity index (χ0) is 24.1. The lowest BCUT2D eigenvalue weighted by molar-refractivity contribution is -0.143. The maximum atomic E-state index is 12.7. The highest BCUT2D eigenvalue weighted by Gasteiger charge is 2.34. The van der Waals surface area contributed by atoms with Gasteiger partial charge in [0, 0.05) is 12.5 Å². The van der Waals surface area contributed by atoms with E-state index >= 15 is 0 Å². The molecule has 0 aromatic heterocycles. The predicted octanol–water partition coefficient (Wildman–Crippen LogP) is 4.09. The largest absolute Gasteiger partial charge is 0.481 e. The number of alkyl carbamates (subject to hydrolysis) is 1. The molecule has 0 spiro atoms. The Hall–Kier alpha value is -3.61. The molecular formula is C27H30N2O5. The Balaban J connectivity index is 1.34. The minimum atomic E-state index is -0.835. The Labute approximate surface area is 199 Å². The minimum absolute atomic E-state index is 0.0693. The maximum absolute atomic E-state index is 12.7. The molecule has 2 aromatic carbocycles. The number of hydrogen-bond acceptors (Lipinski definition) is 4. The van der Waals surface area contributed by atoms with Gasteiger partial charge in [-0.2, -0.15) is 0 Å². The number of benzene rings is 2. The van der Waals surface area contributed by atoms with Crippen LogP contribution in [0.25, 0.3) is 11.1 Å². The van der Waals surface area contributed by atoms with Crippen molar-refractivity contribution < 1.29 is 24.2 Å². The van der Waals surface area contributed by atoms with Crippen LogP contribution in [0.2, 0.25) is 0 Å². The van der Waals surface area contributed by atoms with Crippen LogP contribution in [0.4, 0.5) is 4.79 Å². The molecule has 0 heterocycles. The van der Waals surface area contributed by atoms with Crippen LogP contribution in [0, 0.1) is 11.8 Å². The number of rotatable bonds is 9. The number of carboxylic acid groups (broad SMARTS) is 1. The minimum Gasteiger partial charge on any atom is -0.481 e. The Morgan fingerprint density at radius 3 is 2.32 bits per heavy atom. The van der Waals surface area contributed by atoms with Crippen molar-refractivity contribution in [3.63, 3.8) is 0 Å². The van der Waals surface area contributed by atoms with E-state index in [1.165, 1.54) is 0 Å². The summed E-state index contributed by atoms with van der Waals surface area (Å²) < 4.78 is 5.55. The van der Waals surface area contributed by atoms with E-state index in [0.29, 0.717) is 6.42 Å². The van der Waals surface area contributed by atoms with Gasteiger partial charge in [0.2, 0.25) is 5.91 Å². The average molecular weight is 463 g/mol. The van der Waals surface area contributed by atoms with Crippen molar-refractivity contribution in [1.82, 2.24) is 10.6 Å². The van der Waals surface area contributed by atoms with Crippen molar-refractivity contribution in [2.24, 2.45) is 11.8 Å².